The molecule has 1 aliphatic heterocycles. The molecule has 0 saturated heterocycles. The molecule has 0 spiro atoms. The highest BCUT2D eigenvalue weighted by molar-refractivity contribution is 5.85. The van der Waals surface area contributed by atoms with Gasteiger partial charge in [-0.3, -0.25) is 4.79 Å². The molecular formula is C18H27ClN2O4. The van der Waals surface area contributed by atoms with Crippen molar-refractivity contribution in [1.29, 1.82) is 0 Å². The van der Waals surface area contributed by atoms with Gasteiger partial charge in [-0.15, -0.1) is 12.4 Å². The van der Waals surface area contributed by atoms with Crippen molar-refractivity contribution >= 4 is 30.2 Å². The predicted octanol–water partition coefficient (Wildman–Crippen LogP) is 3.54. The van der Waals surface area contributed by atoms with Crippen LogP contribution in [0.5, 0.6) is 0 Å². The van der Waals surface area contributed by atoms with E-state index in [1.54, 1.807) is 0 Å². The Balaban J connectivity index is 0.00000312. The van der Waals surface area contributed by atoms with Crippen molar-refractivity contribution in [2.45, 2.75) is 39.2 Å². The number of benzene rings is 1. The fourth-order valence-corrected chi connectivity index (χ4v) is 2.89. The van der Waals surface area contributed by atoms with Crippen LogP contribution in [-0.2, 0) is 22.5 Å². The lowest BCUT2D eigenvalue weighted by molar-refractivity contribution is -0.140. The van der Waals surface area contributed by atoms with Crippen molar-refractivity contribution in [2.75, 3.05) is 25.5 Å². The second kappa shape index (κ2) is 10.1. The van der Waals surface area contributed by atoms with Crippen molar-refractivity contribution in [3.05, 3.63) is 29.3 Å². The average molecular weight is 371 g/mol. The normalized spacial score (nSPS) is 13.2. The number of anilines is 1. The van der Waals surface area contributed by atoms with Gasteiger partial charge in [0.1, 0.15) is 0 Å². The summed E-state index contributed by atoms with van der Waals surface area (Å²) >= 11 is 0. The molecule has 2 N–H and O–H groups in total. The maximum Gasteiger partial charge on any atom is 0.407 e. The van der Waals surface area contributed by atoms with E-state index in [4.69, 9.17) is 0 Å². The monoisotopic (exact) mass is 370 g/mol. The first kappa shape index (κ1) is 21.1. The van der Waals surface area contributed by atoms with E-state index in [-0.39, 0.29) is 24.3 Å². The number of carboxylic acid groups (broad SMARTS) is 1. The number of ether oxygens (including phenoxy) is 1. The fraction of sp³-hybridized carbons (Fsp3) is 0.556. The summed E-state index contributed by atoms with van der Waals surface area (Å²) in [5.41, 5.74) is 3.40. The number of methoxy groups -OCH3 is 1. The minimum atomic E-state index is -0.913. The Kier molecular flexibility index (Phi) is 8.55. The van der Waals surface area contributed by atoms with Crippen molar-refractivity contribution in [2.24, 2.45) is 5.92 Å². The third-order valence-corrected chi connectivity index (χ3v) is 4.49. The molecule has 0 aliphatic carbocycles. The molecule has 1 atom stereocenters. The van der Waals surface area contributed by atoms with E-state index in [9.17, 15) is 14.7 Å². The first-order valence-electron chi connectivity index (χ1n) is 8.40. The van der Waals surface area contributed by atoms with Gasteiger partial charge in [-0.25, -0.2) is 4.79 Å². The van der Waals surface area contributed by atoms with Crippen molar-refractivity contribution in [3.63, 3.8) is 0 Å². The Morgan fingerprint density at radius 2 is 2.12 bits per heavy atom. The molecule has 1 amide bonds. The van der Waals surface area contributed by atoms with Gasteiger partial charge in [0.05, 0.1) is 7.11 Å². The van der Waals surface area contributed by atoms with Crippen LogP contribution in [-0.4, -0.2) is 42.3 Å². The minimum Gasteiger partial charge on any atom is -0.469 e. The quantitative estimate of drug-likeness (QED) is 0.684. The number of nitrogens with zero attached hydrogens (tertiary/aromatic N) is 1. The van der Waals surface area contributed by atoms with Crippen LogP contribution in [0.4, 0.5) is 10.5 Å². The Hall–Kier alpha value is -1.95. The van der Waals surface area contributed by atoms with Crippen LogP contribution in [0.2, 0.25) is 0 Å². The molecule has 6 nitrogen and oxygen atoms in total. The highest BCUT2D eigenvalue weighted by atomic mass is 35.5. The van der Waals surface area contributed by atoms with Gasteiger partial charge >= 0.3 is 12.1 Å². The molecule has 1 heterocycles. The molecule has 25 heavy (non-hydrogen) atoms. The van der Waals surface area contributed by atoms with E-state index < -0.39 is 6.09 Å². The van der Waals surface area contributed by atoms with Gasteiger partial charge in [0.15, 0.2) is 0 Å². The topological polar surface area (TPSA) is 78.9 Å². The molecule has 7 heteroatoms. The van der Waals surface area contributed by atoms with Crippen molar-refractivity contribution < 1.29 is 19.4 Å². The maximum atomic E-state index is 11.5. The zero-order valence-electron chi connectivity index (χ0n) is 14.8. The van der Waals surface area contributed by atoms with Crippen LogP contribution in [0.1, 0.15) is 37.3 Å². The lowest BCUT2D eigenvalue weighted by Crippen LogP contribution is -2.30. The first-order valence-corrected chi connectivity index (χ1v) is 8.40. The molecule has 1 unspecified atom stereocenters. The van der Waals surface area contributed by atoms with Crippen LogP contribution in [0.25, 0.3) is 0 Å². The van der Waals surface area contributed by atoms with Gasteiger partial charge in [-0.1, -0.05) is 19.1 Å². The zero-order valence-corrected chi connectivity index (χ0v) is 15.6. The number of halogens is 1. The van der Waals surface area contributed by atoms with Crippen LogP contribution < -0.4 is 5.32 Å². The standard InChI is InChI=1S/C18H26N2O4.ClH/c1-13(3-6-17(21)24-2)8-10-20(18(22)23)12-14-4-5-15-7-9-19-16(15)11-14;/h4-5,11,13,19H,3,6-10,12H2,1-2H3,(H,22,23);1H. The molecule has 2 rings (SSSR count). The summed E-state index contributed by atoms with van der Waals surface area (Å²) in [6, 6.07) is 6.12. The molecule has 1 aromatic carbocycles. The number of rotatable bonds is 8. The van der Waals surface area contributed by atoms with E-state index in [2.05, 4.69) is 16.1 Å². The van der Waals surface area contributed by atoms with Gasteiger partial charge < -0.3 is 20.1 Å². The Morgan fingerprint density at radius 1 is 1.36 bits per heavy atom. The molecule has 1 aliphatic rings. The smallest absolute Gasteiger partial charge is 0.407 e. The molecule has 0 radical (unpaired) electrons. The predicted molar refractivity (Wildman–Crippen MR) is 99.3 cm³/mol. The molecular weight excluding hydrogens is 344 g/mol. The lowest BCUT2D eigenvalue weighted by Gasteiger charge is -2.21. The molecule has 0 saturated carbocycles. The summed E-state index contributed by atoms with van der Waals surface area (Å²) in [5, 5.41) is 12.7. The van der Waals surface area contributed by atoms with Crippen LogP contribution >= 0.6 is 12.4 Å². The summed E-state index contributed by atoms with van der Waals surface area (Å²) < 4.78 is 4.63. The van der Waals surface area contributed by atoms with Crippen LogP contribution in [0, 0.1) is 5.92 Å². The minimum absolute atomic E-state index is 0. The molecule has 0 bridgehead atoms. The number of hydrogen-bond donors (Lipinski definition) is 2. The number of amides is 1. The van der Waals surface area contributed by atoms with Crippen molar-refractivity contribution in [1.82, 2.24) is 4.90 Å². The third kappa shape index (κ3) is 6.46. The van der Waals surface area contributed by atoms with Crippen LogP contribution in [0.15, 0.2) is 18.2 Å². The van der Waals surface area contributed by atoms with E-state index in [0.717, 1.165) is 30.6 Å². The summed E-state index contributed by atoms with van der Waals surface area (Å²) in [5.74, 6) is 0.0511. The van der Waals surface area contributed by atoms with Gasteiger partial charge in [0, 0.05) is 31.7 Å². The SMILES string of the molecule is COC(=O)CCC(C)CCN(Cc1ccc2c(c1)NCC2)C(=O)O.Cl. The number of nitrogens with one attached hydrogen (secondary N) is 1. The molecule has 1 aromatic rings. The summed E-state index contributed by atoms with van der Waals surface area (Å²) in [6.07, 6.45) is 1.93. The maximum absolute atomic E-state index is 11.5. The summed E-state index contributed by atoms with van der Waals surface area (Å²) in [6.45, 7) is 3.82. The van der Waals surface area contributed by atoms with Crippen LogP contribution in [0.3, 0.4) is 0 Å². The Morgan fingerprint density at radius 3 is 2.80 bits per heavy atom. The number of esters is 1. The van der Waals surface area contributed by atoms with Gasteiger partial charge in [0.25, 0.3) is 0 Å². The summed E-state index contributed by atoms with van der Waals surface area (Å²) in [4.78, 5) is 24.1. The second-order valence-electron chi connectivity index (χ2n) is 6.38. The Bertz CT molecular complexity index is 594. The number of carbonyl (C=O) groups is 2. The lowest BCUT2D eigenvalue weighted by atomic mass is 10.0. The number of hydrogen-bond acceptors (Lipinski definition) is 4. The van der Waals surface area contributed by atoms with Gasteiger partial charge in [-0.2, -0.15) is 0 Å². The van der Waals surface area contributed by atoms with E-state index >= 15 is 0 Å². The molecule has 0 aromatic heterocycles. The largest absolute Gasteiger partial charge is 0.469 e. The fourth-order valence-electron chi connectivity index (χ4n) is 2.89. The van der Waals surface area contributed by atoms with E-state index in [1.165, 1.54) is 17.6 Å². The average Bonchev–Trinajstić information content (AvgIpc) is 3.03. The van der Waals surface area contributed by atoms with Gasteiger partial charge in [-0.05, 0) is 42.4 Å². The number of fused-ring (bicyclic) bond motifs is 1. The third-order valence-electron chi connectivity index (χ3n) is 4.49. The number of carbonyl (C=O) groups excluding carboxylic acids is 1. The van der Waals surface area contributed by atoms with E-state index in [0.29, 0.717) is 25.9 Å². The zero-order chi connectivity index (χ0) is 17.5. The summed E-state index contributed by atoms with van der Waals surface area (Å²) in [7, 11) is 1.38. The second-order valence-corrected chi connectivity index (χ2v) is 6.38. The first-order chi connectivity index (χ1) is 11.5. The van der Waals surface area contributed by atoms with Gasteiger partial charge in [0.2, 0.25) is 0 Å². The highest BCUT2D eigenvalue weighted by Crippen LogP contribution is 2.24. The highest BCUT2D eigenvalue weighted by Gasteiger charge is 2.16. The Labute approximate surface area is 154 Å². The van der Waals surface area contributed by atoms with E-state index in [1.807, 2.05) is 19.1 Å². The molecule has 140 valence electrons. The molecule has 0 fully saturated rings. The van der Waals surface area contributed by atoms with Crippen molar-refractivity contribution in [3.8, 4) is 0 Å².